The number of hydrogen-bond donors (Lipinski definition) is 4. The van der Waals surface area contributed by atoms with E-state index in [0.29, 0.717) is 24.5 Å². The van der Waals surface area contributed by atoms with E-state index in [1.54, 1.807) is 30.4 Å². The number of nitrogens with one attached hydrogen (secondary N) is 3. The summed E-state index contributed by atoms with van der Waals surface area (Å²) in [5.74, 6) is 2.10. The van der Waals surface area contributed by atoms with Crippen molar-refractivity contribution in [2.24, 2.45) is 0 Å². The van der Waals surface area contributed by atoms with Gasteiger partial charge < -0.3 is 15.4 Å². The second-order valence-corrected chi connectivity index (χ2v) is 6.84. The molecular formula is C17H23Cl3N6O2S. The van der Waals surface area contributed by atoms with Gasteiger partial charge in [0, 0.05) is 54.2 Å². The first-order valence-corrected chi connectivity index (χ1v) is 9.30. The van der Waals surface area contributed by atoms with Crippen LogP contribution in [0.1, 0.15) is 22.5 Å². The molecule has 0 amide bonds. The highest BCUT2D eigenvalue weighted by molar-refractivity contribution is 7.98. The average Bonchev–Trinajstić information content (AvgIpc) is 3.02. The number of rotatable bonds is 8. The molecule has 4 N–H and O–H groups in total. The van der Waals surface area contributed by atoms with Crippen molar-refractivity contribution in [3.05, 3.63) is 63.7 Å². The SMILES string of the molecule is Cc1[nH]cnc1CSCCNc1ncc(Cc2ccnc(O)c2)c(=O)[nH]1.Cl.Cl.Cl. The molecule has 0 radical (unpaired) electrons. The second kappa shape index (κ2) is 13.3. The van der Waals surface area contributed by atoms with Gasteiger partial charge in [0.15, 0.2) is 0 Å². The average molecular weight is 482 g/mol. The minimum atomic E-state index is -0.196. The predicted octanol–water partition coefficient (Wildman–Crippen LogP) is 3.10. The molecule has 8 nitrogen and oxygen atoms in total. The smallest absolute Gasteiger partial charge is 0.255 e. The van der Waals surface area contributed by atoms with Crippen LogP contribution in [0.5, 0.6) is 5.88 Å². The molecule has 0 atom stereocenters. The largest absolute Gasteiger partial charge is 0.493 e. The zero-order chi connectivity index (χ0) is 18.4. The fourth-order valence-corrected chi connectivity index (χ4v) is 3.25. The molecule has 3 heterocycles. The van der Waals surface area contributed by atoms with Crippen molar-refractivity contribution in [3.63, 3.8) is 0 Å². The maximum atomic E-state index is 12.2. The Morgan fingerprint density at radius 2 is 2.00 bits per heavy atom. The predicted molar refractivity (Wildman–Crippen MR) is 123 cm³/mol. The number of aromatic hydroxyl groups is 1. The molecule has 0 unspecified atom stereocenters. The number of aromatic amines is 2. The number of imidazole rings is 1. The Balaban J connectivity index is 0.00000261. The topological polar surface area (TPSA) is 120 Å². The van der Waals surface area contributed by atoms with Gasteiger partial charge in [0.2, 0.25) is 11.8 Å². The molecule has 29 heavy (non-hydrogen) atoms. The maximum Gasteiger partial charge on any atom is 0.255 e. The summed E-state index contributed by atoms with van der Waals surface area (Å²) in [6.45, 7) is 2.69. The van der Waals surface area contributed by atoms with E-state index in [0.717, 1.165) is 28.5 Å². The van der Waals surface area contributed by atoms with Crippen LogP contribution in [0, 0.1) is 6.92 Å². The summed E-state index contributed by atoms with van der Waals surface area (Å²) >= 11 is 1.76. The van der Waals surface area contributed by atoms with Gasteiger partial charge in [-0.25, -0.2) is 15.0 Å². The zero-order valence-electron chi connectivity index (χ0n) is 15.5. The number of hydrogen-bond acceptors (Lipinski definition) is 7. The summed E-state index contributed by atoms with van der Waals surface area (Å²) < 4.78 is 0. The fraction of sp³-hybridized carbons (Fsp3) is 0.294. The Bertz CT molecular complexity index is 937. The number of H-pyrrole nitrogens is 2. The summed E-state index contributed by atoms with van der Waals surface area (Å²) in [5.41, 5.74) is 3.29. The summed E-state index contributed by atoms with van der Waals surface area (Å²) in [7, 11) is 0. The minimum absolute atomic E-state index is 0. The fourth-order valence-electron chi connectivity index (χ4n) is 2.37. The van der Waals surface area contributed by atoms with E-state index in [1.807, 2.05) is 6.92 Å². The third kappa shape index (κ3) is 8.14. The number of aromatic nitrogens is 5. The van der Waals surface area contributed by atoms with Crippen LogP contribution in [-0.2, 0) is 12.2 Å². The van der Waals surface area contributed by atoms with Gasteiger partial charge in [-0.05, 0) is 18.6 Å². The van der Waals surface area contributed by atoms with Gasteiger partial charge >= 0.3 is 0 Å². The van der Waals surface area contributed by atoms with Gasteiger partial charge in [0.05, 0.1) is 12.0 Å². The van der Waals surface area contributed by atoms with Gasteiger partial charge in [-0.3, -0.25) is 9.78 Å². The molecule has 3 rings (SSSR count). The van der Waals surface area contributed by atoms with Crippen molar-refractivity contribution >= 4 is 54.9 Å². The molecule has 0 saturated heterocycles. The molecule has 12 heteroatoms. The van der Waals surface area contributed by atoms with Crippen LogP contribution in [0.25, 0.3) is 0 Å². The zero-order valence-corrected chi connectivity index (χ0v) is 18.8. The van der Waals surface area contributed by atoms with Gasteiger partial charge in [-0.2, -0.15) is 11.8 Å². The third-order valence-corrected chi connectivity index (χ3v) is 4.76. The van der Waals surface area contributed by atoms with E-state index in [-0.39, 0.29) is 48.7 Å². The van der Waals surface area contributed by atoms with Crippen LogP contribution in [0.3, 0.4) is 0 Å². The lowest BCUT2D eigenvalue weighted by Gasteiger charge is -2.06. The van der Waals surface area contributed by atoms with Crippen molar-refractivity contribution in [1.29, 1.82) is 0 Å². The molecule has 3 aromatic rings. The molecule has 0 aliphatic carbocycles. The molecule has 0 saturated carbocycles. The van der Waals surface area contributed by atoms with Crippen LogP contribution in [0.2, 0.25) is 0 Å². The molecule has 0 fully saturated rings. The lowest BCUT2D eigenvalue weighted by atomic mass is 10.1. The van der Waals surface area contributed by atoms with Crippen LogP contribution < -0.4 is 10.9 Å². The Hall–Kier alpha value is -1.94. The lowest BCUT2D eigenvalue weighted by Crippen LogP contribution is -2.18. The van der Waals surface area contributed by atoms with Crippen LogP contribution in [0.4, 0.5) is 5.95 Å². The lowest BCUT2D eigenvalue weighted by molar-refractivity contribution is 0.453. The highest BCUT2D eigenvalue weighted by Gasteiger charge is 2.05. The van der Waals surface area contributed by atoms with Gasteiger partial charge in [0.1, 0.15) is 0 Å². The molecule has 0 spiro atoms. The summed E-state index contributed by atoms with van der Waals surface area (Å²) in [6.07, 6.45) is 5.15. The van der Waals surface area contributed by atoms with Crippen molar-refractivity contribution in [2.75, 3.05) is 17.6 Å². The number of thioether (sulfide) groups is 1. The number of anilines is 1. The van der Waals surface area contributed by atoms with Crippen LogP contribution >= 0.6 is 49.0 Å². The third-order valence-electron chi connectivity index (χ3n) is 3.79. The Labute approximate surface area is 191 Å². The van der Waals surface area contributed by atoms with Crippen molar-refractivity contribution in [1.82, 2.24) is 24.9 Å². The Morgan fingerprint density at radius 1 is 1.21 bits per heavy atom. The molecular weight excluding hydrogens is 459 g/mol. The van der Waals surface area contributed by atoms with Crippen LogP contribution in [0.15, 0.2) is 35.6 Å². The summed E-state index contributed by atoms with van der Waals surface area (Å²) in [5, 5.41) is 12.5. The van der Waals surface area contributed by atoms with E-state index in [9.17, 15) is 9.90 Å². The second-order valence-electron chi connectivity index (χ2n) is 5.74. The molecule has 3 aromatic heterocycles. The van der Waals surface area contributed by atoms with E-state index in [4.69, 9.17) is 0 Å². The first kappa shape index (κ1) is 27.1. The van der Waals surface area contributed by atoms with Crippen molar-refractivity contribution in [2.45, 2.75) is 19.1 Å². The Morgan fingerprint density at radius 3 is 2.66 bits per heavy atom. The van der Waals surface area contributed by atoms with Gasteiger partial charge in [-0.1, -0.05) is 0 Å². The standard InChI is InChI=1S/C17H20N6O2S.3ClH/c1-11-14(22-10-21-11)9-26-5-4-19-17-20-8-13(16(25)23-17)6-12-2-3-18-15(24)7-12;;;/h2-3,7-8,10H,4-6,9H2,1H3,(H,18,24)(H,21,22)(H2,19,20,23,25);3*1H. The van der Waals surface area contributed by atoms with Gasteiger partial charge in [0.25, 0.3) is 5.56 Å². The van der Waals surface area contributed by atoms with E-state index >= 15 is 0 Å². The van der Waals surface area contributed by atoms with Crippen molar-refractivity contribution in [3.8, 4) is 5.88 Å². The minimum Gasteiger partial charge on any atom is -0.493 e. The molecule has 0 aromatic carbocycles. The molecule has 0 aliphatic rings. The normalized spacial score (nSPS) is 9.69. The Kier molecular flexibility index (Phi) is 12.4. The summed E-state index contributed by atoms with van der Waals surface area (Å²) in [6, 6.07) is 3.29. The first-order valence-electron chi connectivity index (χ1n) is 8.14. The van der Waals surface area contributed by atoms with E-state index in [1.165, 1.54) is 12.3 Å². The molecule has 0 bridgehead atoms. The number of pyridine rings is 1. The summed E-state index contributed by atoms with van der Waals surface area (Å²) in [4.78, 5) is 30.2. The molecule has 160 valence electrons. The number of aryl methyl sites for hydroxylation is 1. The highest BCUT2D eigenvalue weighted by Crippen LogP contribution is 2.13. The van der Waals surface area contributed by atoms with E-state index < -0.39 is 0 Å². The monoisotopic (exact) mass is 480 g/mol. The maximum absolute atomic E-state index is 12.2. The van der Waals surface area contributed by atoms with Crippen LogP contribution in [-0.4, -0.2) is 42.3 Å². The molecule has 0 aliphatic heterocycles. The van der Waals surface area contributed by atoms with Crippen molar-refractivity contribution < 1.29 is 5.11 Å². The quantitative estimate of drug-likeness (QED) is 0.365. The number of nitrogens with zero attached hydrogens (tertiary/aromatic N) is 3. The number of halogens is 3. The van der Waals surface area contributed by atoms with E-state index in [2.05, 4.69) is 30.2 Å². The van der Waals surface area contributed by atoms with Gasteiger partial charge in [-0.15, -0.1) is 37.2 Å². The first-order chi connectivity index (χ1) is 12.6. The highest BCUT2D eigenvalue weighted by atomic mass is 35.5.